The minimum absolute atomic E-state index is 0.0290. The van der Waals surface area contributed by atoms with Crippen molar-refractivity contribution >= 4 is 43.2 Å². The number of rotatable bonds is 6. The van der Waals surface area contributed by atoms with Crippen molar-refractivity contribution < 1.29 is 31.1 Å². The van der Waals surface area contributed by atoms with Gasteiger partial charge >= 0.3 is 0 Å². The Balaban J connectivity index is 1.72. The molecule has 0 unspecified atom stereocenters. The second-order valence-corrected chi connectivity index (χ2v) is 12.3. The van der Waals surface area contributed by atoms with Crippen molar-refractivity contribution in [3.05, 3.63) is 65.2 Å². The molecule has 0 aromatic heterocycles. The lowest BCUT2D eigenvalue weighted by Gasteiger charge is -2.39. The molecule has 0 bridgehead atoms. The first-order chi connectivity index (χ1) is 16.7. The predicted molar refractivity (Wildman–Crippen MR) is 133 cm³/mol. The summed E-state index contributed by atoms with van der Waals surface area (Å²) >= 11 is 0. The van der Waals surface area contributed by atoms with E-state index in [0.29, 0.717) is 5.56 Å². The van der Waals surface area contributed by atoms with Gasteiger partial charge in [0.2, 0.25) is 10.0 Å². The number of halogens is 1. The van der Waals surface area contributed by atoms with E-state index in [1.807, 2.05) is 13.8 Å². The van der Waals surface area contributed by atoms with Gasteiger partial charge in [0.1, 0.15) is 22.0 Å². The fourth-order valence-electron chi connectivity index (χ4n) is 4.18. The van der Waals surface area contributed by atoms with Gasteiger partial charge in [-0.1, -0.05) is 26.0 Å². The molecule has 36 heavy (non-hydrogen) atoms. The molecule has 2 aromatic carbocycles. The van der Waals surface area contributed by atoms with Crippen LogP contribution in [0.1, 0.15) is 25.8 Å². The van der Waals surface area contributed by atoms with Gasteiger partial charge in [-0.2, -0.15) is 8.42 Å². The van der Waals surface area contributed by atoms with Crippen LogP contribution in [0.4, 0.5) is 15.8 Å². The Bertz CT molecular complexity index is 1500. The van der Waals surface area contributed by atoms with Crippen molar-refractivity contribution in [3.8, 4) is 0 Å². The third-order valence-electron chi connectivity index (χ3n) is 5.87. The Morgan fingerprint density at radius 2 is 1.89 bits per heavy atom. The molecule has 2 heterocycles. The van der Waals surface area contributed by atoms with E-state index in [4.69, 9.17) is 0 Å². The van der Waals surface area contributed by atoms with Gasteiger partial charge in [-0.15, -0.1) is 4.40 Å². The average molecular weight is 537 g/mol. The largest absolute Gasteiger partial charge is 0.511 e. The van der Waals surface area contributed by atoms with E-state index < -0.39 is 31.8 Å². The highest BCUT2D eigenvalue weighted by atomic mass is 32.2. The van der Waals surface area contributed by atoms with Gasteiger partial charge in [0.05, 0.1) is 11.9 Å². The Morgan fingerprint density at radius 1 is 1.22 bits per heavy atom. The van der Waals surface area contributed by atoms with Crippen molar-refractivity contribution in [2.75, 3.05) is 16.3 Å². The van der Waals surface area contributed by atoms with Crippen LogP contribution in [-0.4, -0.2) is 50.9 Å². The van der Waals surface area contributed by atoms with E-state index in [2.05, 4.69) is 14.4 Å². The number of hydrogen-bond donors (Lipinski definition) is 3. The Labute approximate surface area is 208 Å². The maximum Gasteiger partial charge on any atom is 0.286 e. The molecule has 10 nitrogen and oxygen atoms in total. The van der Waals surface area contributed by atoms with E-state index in [0.717, 1.165) is 12.3 Å². The van der Waals surface area contributed by atoms with Gasteiger partial charge in [0.15, 0.2) is 5.84 Å². The SMILES string of the molecule is CC(C)[C@H]1CC(O)=C(C2=NS(=O)(=O)c3cc(NS(C)(=O)=O)ccc3N2)C(=O)N1Cc1ccc(F)cc1. The maximum absolute atomic E-state index is 13.6. The number of amides is 1. The van der Waals surface area contributed by atoms with Crippen LogP contribution in [0.25, 0.3) is 0 Å². The van der Waals surface area contributed by atoms with Crippen molar-refractivity contribution in [2.24, 2.45) is 10.3 Å². The predicted octanol–water partition coefficient (Wildman–Crippen LogP) is 2.98. The molecule has 1 amide bonds. The minimum atomic E-state index is -4.34. The van der Waals surface area contributed by atoms with E-state index in [9.17, 15) is 31.1 Å². The van der Waals surface area contributed by atoms with Crippen LogP contribution in [0.15, 0.2) is 63.1 Å². The van der Waals surface area contributed by atoms with Gasteiger partial charge in [-0.25, -0.2) is 12.8 Å². The summed E-state index contributed by atoms with van der Waals surface area (Å²) in [6, 6.07) is 9.10. The van der Waals surface area contributed by atoms with Crippen molar-refractivity contribution in [1.29, 1.82) is 0 Å². The van der Waals surface area contributed by atoms with E-state index in [1.165, 1.54) is 29.2 Å². The topological polar surface area (TPSA) is 145 Å². The number of aliphatic hydroxyl groups excluding tert-OH is 1. The smallest absolute Gasteiger partial charge is 0.286 e. The average Bonchev–Trinajstić information content (AvgIpc) is 2.76. The molecule has 0 saturated heterocycles. The van der Waals surface area contributed by atoms with Crippen molar-refractivity contribution in [3.63, 3.8) is 0 Å². The Kier molecular flexibility index (Phi) is 6.56. The highest BCUT2D eigenvalue weighted by molar-refractivity contribution is 7.92. The first-order valence-electron chi connectivity index (χ1n) is 11.0. The molecule has 0 spiro atoms. The zero-order chi connectivity index (χ0) is 26.4. The van der Waals surface area contributed by atoms with Crippen LogP contribution in [0.2, 0.25) is 0 Å². The molecule has 192 valence electrons. The molecule has 2 aromatic rings. The second kappa shape index (κ2) is 9.21. The molecule has 0 fully saturated rings. The Morgan fingerprint density at radius 3 is 2.50 bits per heavy atom. The number of fused-ring (bicyclic) bond motifs is 1. The van der Waals surface area contributed by atoms with Crippen LogP contribution in [0.3, 0.4) is 0 Å². The first-order valence-corrected chi connectivity index (χ1v) is 14.3. The second-order valence-electron chi connectivity index (χ2n) is 9.02. The number of sulfonamides is 2. The number of aliphatic hydroxyl groups is 1. The highest BCUT2D eigenvalue weighted by Crippen LogP contribution is 2.35. The molecule has 3 N–H and O–H groups in total. The molecule has 0 aliphatic carbocycles. The number of carbonyl (C=O) groups is 1. The van der Waals surface area contributed by atoms with Crippen molar-refractivity contribution in [1.82, 2.24) is 4.90 Å². The van der Waals surface area contributed by atoms with Gasteiger partial charge in [0.25, 0.3) is 15.9 Å². The Hall–Kier alpha value is -3.45. The van der Waals surface area contributed by atoms with E-state index in [-0.39, 0.29) is 58.4 Å². The monoisotopic (exact) mass is 536 g/mol. The number of hydrogen-bond acceptors (Lipinski definition) is 7. The van der Waals surface area contributed by atoms with E-state index >= 15 is 0 Å². The number of nitrogens with one attached hydrogen (secondary N) is 2. The summed E-state index contributed by atoms with van der Waals surface area (Å²) in [5.41, 5.74) is 0.490. The molecular formula is C23H25FN4O6S2. The van der Waals surface area contributed by atoms with Gasteiger partial charge < -0.3 is 15.3 Å². The quantitative estimate of drug-likeness (QED) is 0.515. The number of anilines is 2. The molecule has 1 atom stereocenters. The molecule has 0 saturated carbocycles. The maximum atomic E-state index is 13.6. The third-order valence-corrected chi connectivity index (χ3v) is 7.79. The lowest BCUT2D eigenvalue weighted by atomic mass is 9.90. The van der Waals surface area contributed by atoms with E-state index in [1.54, 1.807) is 12.1 Å². The summed E-state index contributed by atoms with van der Waals surface area (Å²) in [6.07, 6.45) is 1.01. The number of carbonyl (C=O) groups excluding carboxylic acids is 1. The third kappa shape index (κ3) is 5.21. The van der Waals surface area contributed by atoms with Gasteiger partial charge in [-0.3, -0.25) is 9.52 Å². The fourth-order valence-corrected chi connectivity index (χ4v) is 5.89. The first kappa shape index (κ1) is 25.6. The zero-order valence-electron chi connectivity index (χ0n) is 19.7. The molecule has 2 aliphatic rings. The number of amidine groups is 1. The highest BCUT2D eigenvalue weighted by Gasteiger charge is 2.40. The van der Waals surface area contributed by atoms with Gasteiger partial charge in [0, 0.05) is 24.7 Å². The fraction of sp³-hybridized carbons (Fsp3) is 0.304. The minimum Gasteiger partial charge on any atom is -0.511 e. The molecular weight excluding hydrogens is 511 g/mol. The van der Waals surface area contributed by atoms with Crippen LogP contribution < -0.4 is 10.0 Å². The summed E-state index contributed by atoms with van der Waals surface area (Å²) < 4.78 is 68.3. The lowest BCUT2D eigenvalue weighted by molar-refractivity contribution is -0.132. The zero-order valence-corrected chi connectivity index (χ0v) is 21.3. The van der Waals surface area contributed by atoms with Crippen molar-refractivity contribution in [2.45, 2.75) is 37.8 Å². The number of benzene rings is 2. The standard InChI is InChI=1S/C23H25FN4O6S2/c1-13(2)18-11-19(29)21(23(30)28(18)12-14-4-6-15(24)7-5-14)22-25-17-9-8-16(26-35(3,31)32)10-20(17)36(33,34)27-22/h4-10,13,18,26,29H,11-12H2,1-3H3,(H,25,27)/t18-/m1/s1. The summed E-state index contributed by atoms with van der Waals surface area (Å²) in [7, 11) is -7.99. The van der Waals surface area contributed by atoms with Crippen LogP contribution in [-0.2, 0) is 31.4 Å². The number of nitrogens with zero attached hydrogens (tertiary/aromatic N) is 2. The summed E-state index contributed by atoms with van der Waals surface area (Å²) in [5.74, 6) is -1.71. The summed E-state index contributed by atoms with van der Waals surface area (Å²) in [4.78, 5) is 14.8. The molecule has 2 aliphatic heterocycles. The van der Waals surface area contributed by atoms with Crippen LogP contribution in [0.5, 0.6) is 0 Å². The van der Waals surface area contributed by atoms with Crippen LogP contribution in [0, 0.1) is 11.7 Å². The summed E-state index contributed by atoms with van der Waals surface area (Å²) in [6.45, 7) is 3.91. The van der Waals surface area contributed by atoms with Gasteiger partial charge in [-0.05, 0) is 41.8 Å². The summed E-state index contributed by atoms with van der Waals surface area (Å²) in [5, 5.41) is 13.6. The lowest BCUT2D eigenvalue weighted by Crippen LogP contribution is -2.49. The molecule has 4 rings (SSSR count). The molecule has 0 radical (unpaired) electrons. The van der Waals surface area contributed by atoms with Crippen LogP contribution >= 0.6 is 0 Å². The normalized spacial score (nSPS) is 19.6. The molecule has 13 heteroatoms.